The molecule has 4 unspecified atom stereocenters. The van der Waals surface area contributed by atoms with Crippen LogP contribution in [0, 0.1) is 17.8 Å². The van der Waals surface area contributed by atoms with E-state index in [2.05, 4.69) is 10.3 Å². The maximum absolute atomic E-state index is 12.9. The number of aromatic amines is 1. The number of halogens is 3. The molecule has 188 valence electrons. The summed E-state index contributed by atoms with van der Waals surface area (Å²) in [4.78, 5) is 28.7. The summed E-state index contributed by atoms with van der Waals surface area (Å²) in [5, 5.41) is 3.94. The Hall–Kier alpha value is -2.72. The van der Waals surface area contributed by atoms with E-state index < -0.39 is 17.6 Å². The lowest BCUT2D eigenvalue weighted by atomic mass is 9.75. The third-order valence-corrected chi connectivity index (χ3v) is 10.1. The number of carbonyl (C=O) groups excluding carboxylic acids is 1. The molecule has 2 aromatic carbocycles. The van der Waals surface area contributed by atoms with Gasteiger partial charge in [0.25, 0.3) is 5.91 Å². The topological polar surface area (TPSA) is 71.2 Å². The Labute approximate surface area is 213 Å². The number of carbonyl (C=O) groups is 1. The molecule has 2 saturated carbocycles. The van der Waals surface area contributed by atoms with Crippen molar-refractivity contribution >= 4 is 34.7 Å². The van der Waals surface area contributed by atoms with E-state index in [-0.39, 0.29) is 23.1 Å². The molecule has 2 heterocycles. The minimum Gasteiger partial charge on any atom is -0.484 e. The van der Waals surface area contributed by atoms with Crippen LogP contribution in [0.4, 0.5) is 18.9 Å². The van der Waals surface area contributed by atoms with Crippen LogP contribution >= 0.6 is 23.1 Å². The van der Waals surface area contributed by atoms with Gasteiger partial charge in [-0.3, -0.25) is 9.59 Å². The van der Waals surface area contributed by atoms with Gasteiger partial charge in [-0.25, -0.2) is 0 Å². The minimum absolute atomic E-state index is 0.0384. The zero-order valence-corrected chi connectivity index (χ0v) is 20.6. The predicted octanol–water partition coefficient (Wildman–Crippen LogP) is 6.13. The smallest absolute Gasteiger partial charge is 0.416 e. The van der Waals surface area contributed by atoms with Crippen LogP contribution in [-0.2, 0) is 11.0 Å². The molecule has 1 amide bonds. The normalized spacial score (nSPS) is 26.4. The Morgan fingerprint density at radius 3 is 2.75 bits per heavy atom. The largest absolute Gasteiger partial charge is 0.484 e. The zero-order chi connectivity index (χ0) is 25.0. The fourth-order valence-electron chi connectivity index (χ4n) is 6.14. The third kappa shape index (κ3) is 4.34. The van der Waals surface area contributed by atoms with E-state index in [4.69, 9.17) is 4.74 Å². The molecule has 0 spiro atoms. The number of hydrogen-bond acceptors (Lipinski definition) is 5. The number of ether oxygens (including phenoxy) is 1. The highest BCUT2D eigenvalue weighted by Crippen LogP contribution is 2.63. The second-order valence-corrected chi connectivity index (χ2v) is 11.9. The first-order chi connectivity index (χ1) is 17.3. The molecule has 5 atom stereocenters. The molecular formula is C26H23F3N2O3S2. The summed E-state index contributed by atoms with van der Waals surface area (Å²) in [6.45, 7) is -0.334. The van der Waals surface area contributed by atoms with Crippen LogP contribution in [0.2, 0.25) is 0 Å². The van der Waals surface area contributed by atoms with Gasteiger partial charge in [-0.1, -0.05) is 29.5 Å². The molecule has 6 rings (SSSR count). The summed E-state index contributed by atoms with van der Waals surface area (Å²) in [5.41, 5.74) is 0.291. The van der Waals surface area contributed by atoms with Crippen molar-refractivity contribution in [2.45, 2.75) is 41.6 Å². The van der Waals surface area contributed by atoms with E-state index in [9.17, 15) is 22.8 Å². The molecule has 36 heavy (non-hydrogen) atoms. The highest BCUT2D eigenvalue weighted by atomic mass is 32.2. The van der Waals surface area contributed by atoms with Crippen LogP contribution in [0.25, 0.3) is 0 Å². The van der Waals surface area contributed by atoms with Gasteiger partial charge in [0.2, 0.25) is 0 Å². The summed E-state index contributed by atoms with van der Waals surface area (Å²) >= 11 is 3.11. The molecule has 3 aromatic rings. The number of aromatic nitrogens is 1. The van der Waals surface area contributed by atoms with Crippen molar-refractivity contribution < 1.29 is 22.7 Å². The van der Waals surface area contributed by atoms with Gasteiger partial charge in [-0.2, -0.15) is 13.2 Å². The molecule has 5 nitrogen and oxygen atoms in total. The monoisotopic (exact) mass is 532 g/mol. The van der Waals surface area contributed by atoms with Crippen LogP contribution in [0.1, 0.15) is 41.2 Å². The molecule has 0 radical (unpaired) electrons. The Balaban J connectivity index is 1.19. The fraction of sp³-hybridized carbons (Fsp3) is 0.385. The van der Waals surface area contributed by atoms with Crippen LogP contribution in [0.15, 0.2) is 58.4 Å². The van der Waals surface area contributed by atoms with Crippen LogP contribution in [-0.4, -0.2) is 22.7 Å². The SMILES string of the molecule is O=C(COc1cccc([C@H]2c3sc(=O)[nH]c3SC3C4CCC(C4)C32)c1)Nc1cccc(C(F)(F)F)c1. The molecule has 1 aromatic heterocycles. The molecule has 2 aliphatic carbocycles. The minimum atomic E-state index is -4.49. The molecule has 1 aliphatic heterocycles. The van der Waals surface area contributed by atoms with E-state index in [0.717, 1.165) is 27.6 Å². The summed E-state index contributed by atoms with van der Waals surface area (Å²) < 4.78 is 44.5. The number of alkyl halides is 3. The van der Waals surface area contributed by atoms with E-state index in [1.54, 1.807) is 6.07 Å². The fourth-order valence-corrected chi connectivity index (χ4v) is 9.03. The number of amides is 1. The second-order valence-electron chi connectivity index (χ2n) is 9.67. The van der Waals surface area contributed by atoms with Gasteiger partial charge in [0.1, 0.15) is 5.75 Å². The molecule has 3 aliphatic rings. The summed E-state index contributed by atoms with van der Waals surface area (Å²) in [6, 6.07) is 12.1. The number of nitrogens with one attached hydrogen (secondary N) is 2. The molecule has 10 heteroatoms. The Kier molecular flexibility index (Phi) is 5.91. The first-order valence-electron chi connectivity index (χ1n) is 11.9. The van der Waals surface area contributed by atoms with E-state index >= 15 is 0 Å². The standard InChI is InChI=1S/C26H23F3N2O3S2/c27-26(28,29)16-4-2-5-17(11-16)30-19(32)12-34-18-6-1-3-13(10-18)21-20-14-7-8-15(9-14)22(20)35-24-23(21)36-25(33)31-24/h1-6,10-11,14-15,20-22H,7-9,12H2,(H,30,32)(H,31,33)/t14?,15?,20?,21-,22?/m1/s1. The van der Waals surface area contributed by atoms with Crippen molar-refractivity contribution in [3.63, 3.8) is 0 Å². The first-order valence-corrected chi connectivity index (χ1v) is 13.6. The van der Waals surface area contributed by atoms with Crippen molar-refractivity contribution in [1.82, 2.24) is 4.98 Å². The highest BCUT2D eigenvalue weighted by Gasteiger charge is 2.54. The average Bonchev–Trinajstić information content (AvgIpc) is 3.55. The number of H-pyrrole nitrogens is 1. The van der Waals surface area contributed by atoms with E-state index in [1.807, 2.05) is 30.0 Å². The quantitative estimate of drug-likeness (QED) is 0.415. The van der Waals surface area contributed by atoms with E-state index in [1.165, 1.54) is 42.7 Å². The highest BCUT2D eigenvalue weighted by molar-refractivity contribution is 8.00. The molecule has 2 bridgehead atoms. The Morgan fingerprint density at radius 1 is 1.11 bits per heavy atom. The van der Waals surface area contributed by atoms with Crippen molar-refractivity contribution in [3.05, 3.63) is 74.2 Å². The van der Waals surface area contributed by atoms with Gasteiger partial charge in [0.05, 0.1) is 10.6 Å². The lowest BCUT2D eigenvalue weighted by Crippen LogP contribution is -2.33. The van der Waals surface area contributed by atoms with Crippen LogP contribution < -0.4 is 14.9 Å². The number of thiazole rings is 1. The van der Waals surface area contributed by atoms with Gasteiger partial charge in [0.15, 0.2) is 6.61 Å². The predicted molar refractivity (Wildman–Crippen MR) is 133 cm³/mol. The summed E-state index contributed by atoms with van der Waals surface area (Å²) in [6.07, 6.45) is -0.771. The third-order valence-electron chi connectivity index (χ3n) is 7.53. The maximum Gasteiger partial charge on any atom is 0.416 e. The van der Waals surface area contributed by atoms with Crippen molar-refractivity contribution in [2.75, 3.05) is 11.9 Å². The number of anilines is 1. The molecule has 2 fully saturated rings. The van der Waals surface area contributed by atoms with E-state index in [0.29, 0.717) is 28.8 Å². The number of fused-ring (bicyclic) bond motifs is 6. The van der Waals surface area contributed by atoms with Gasteiger partial charge < -0.3 is 15.0 Å². The molecular weight excluding hydrogens is 509 g/mol. The number of benzene rings is 2. The van der Waals surface area contributed by atoms with Gasteiger partial charge in [-0.05, 0) is 72.9 Å². The summed E-state index contributed by atoms with van der Waals surface area (Å²) in [7, 11) is 0. The van der Waals surface area contributed by atoms with Gasteiger partial charge in [0, 0.05) is 21.7 Å². The Bertz CT molecular complexity index is 1370. The van der Waals surface area contributed by atoms with Crippen LogP contribution in [0.3, 0.4) is 0 Å². The van der Waals surface area contributed by atoms with Gasteiger partial charge in [-0.15, -0.1) is 11.8 Å². The van der Waals surface area contributed by atoms with Crippen molar-refractivity contribution in [3.8, 4) is 5.75 Å². The maximum atomic E-state index is 12.9. The van der Waals surface area contributed by atoms with Gasteiger partial charge >= 0.3 is 11.0 Å². The number of thioether (sulfide) groups is 1. The number of rotatable bonds is 5. The zero-order valence-electron chi connectivity index (χ0n) is 19.0. The Morgan fingerprint density at radius 2 is 1.92 bits per heavy atom. The van der Waals surface area contributed by atoms with Crippen molar-refractivity contribution in [2.24, 2.45) is 17.8 Å². The molecule has 0 saturated heterocycles. The molecule has 2 N–H and O–H groups in total. The average molecular weight is 533 g/mol. The number of hydrogen-bond donors (Lipinski definition) is 2. The van der Waals surface area contributed by atoms with Crippen LogP contribution in [0.5, 0.6) is 5.75 Å². The lowest BCUT2D eigenvalue weighted by molar-refractivity contribution is -0.137. The van der Waals surface area contributed by atoms with Crippen molar-refractivity contribution in [1.29, 1.82) is 0 Å². The summed E-state index contributed by atoms with van der Waals surface area (Å²) in [5.74, 6) is 1.86. The first kappa shape index (κ1) is 23.7. The lowest BCUT2D eigenvalue weighted by Gasteiger charge is -2.40. The second kappa shape index (κ2) is 8.99.